The molecular formula is C21H23F3N2O2. The van der Waals surface area contributed by atoms with E-state index in [9.17, 15) is 18.0 Å². The second kappa shape index (κ2) is 9.10. The number of hydrogen-bond acceptors (Lipinski definition) is 3. The summed E-state index contributed by atoms with van der Waals surface area (Å²) in [7, 11) is 0. The molecule has 1 N–H and O–H groups in total. The zero-order valence-corrected chi connectivity index (χ0v) is 15.4. The second-order valence-electron chi connectivity index (χ2n) is 6.83. The lowest BCUT2D eigenvalue weighted by Crippen LogP contribution is -2.40. The first-order valence-corrected chi connectivity index (χ1v) is 9.34. The number of benzene rings is 1. The summed E-state index contributed by atoms with van der Waals surface area (Å²) in [5.41, 5.74) is -0.415. The van der Waals surface area contributed by atoms with Gasteiger partial charge in [-0.05, 0) is 61.8 Å². The maximum Gasteiger partial charge on any atom is 0.416 e. The lowest BCUT2D eigenvalue weighted by molar-refractivity contribution is -0.137. The van der Waals surface area contributed by atoms with Crippen molar-refractivity contribution in [1.82, 2.24) is 10.2 Å². The molecule has 1 aliphatic heterocycles. The molecule has 1 saturated heterocycles. The molecule has 1 aliphatic rings. The summed E-state index contributed by atoms with van der Waals surface area (Å²) in [6.07, 6.45) is 3.27. The summed E-state index contributed by atoms with van der Waals surface area (Å²) in [5.74, 6) is 0.440. The topological polar surface area (TPSA) is 45.5 Å². The number of amides is 1. The molecule has 3 rings (SSSR count). The van der Waals surface area contributed by atoms with E-state index in [1.165, 1.54) is 30.7 Å². The molecule has 0 spiro atoms. The van der Waals surface area contributed by atoms with Crippen molar-refractivity contribution in [3.8, 4) is 0 Å². The Morgan fingerprint density at radius 3 is 2.64 bits per heavy atom. The lowest BCUT2D eigenvalue weighted by atomic mass is 10.1. The summed E-state index contributed by atoms with van der Waals surface area (Å²) in [6.45, 7) is 2.27. The van der Waals surface area contributed by atoms with Gasteiger partial charge < -0.3 is 9.73 Å². The molecular weight excluding hydrogens is 369 g/mol. The van der Waals surface area contributed by atoms with E-state index in [2.05, 4.69) is 10.2 Å². The quantitative estimate of drug-likeness (QED) is 0.728. The normalized spacial score (nSPS) is 17.0. The van der Waals surface area contributed by atoms with Crippen LogP contribution in [0.25, 0.3) is 6.08 Å². The van der Waals surface area contributed by atoms with Crippen molar-refractivity contribution in [3.63, 3.8) is 0 Å². The molecule has 1 aromatic heterocycles. The van der Waals surface area contributed by atoms with Crippen molar-refractivity contribution in [2.24, 2.45) is 0 Å². The molecule has 7 heteroatoms. The Labute approximate surface area is 162 Å². The van der Waals surface area contributed by atoms with E-state index >= 15 is 0 Å². The molecule has 0 aliphatic carbocycles. The van der Waals surface area contributed by atoms with Gasteiger partial charge in [0.2, 0.25) is 5.91 Å². The Morgan fingerprint density at radius 1 is 1.18 bits per heavy atom. The van der Waals surface area contributed by atoms with Gasteiger partial charge in [0, 0.05) is 12.6 Å². The number of hydrogen-bond donors (Lipinski definition) is 1. The summed E-state index contributed by atoms with van der Waals surface area (Å²) < 4.78 is 43.9. The smallest absolute Gasteiger partial charge is 0.416 e. The van der Waals surface area contributed by atoms with Crippen molar-refractivity contribution in [1.29, 1.82) is 0 Å². The maximum absolute atomic E-state index is 12.8. The van der Waals surface area contributed by atoms with E-state index in [0.29, 0.717) is 12.1 Å². The number of alkyl halides is 3. The largest absolute Gasteiger partial charge is 0.468 e. The molecule has 1 atom stereocenters. The van der Waals surface area contributed by atoms with Crippen LogP contribution in [0, 0.1) is 0 Å². The Kier molecular flexibility index (Phi) is 6.57. The predicted molar refractivity (Wildman–Crippen MR) is 100 cm³/mol. The Bertz CT molecular complexity index is 794. The van der Waals surface area contributed by atoms with Crippen LogP contribution in [-0.2, 0) is 11.0 Å². The number of nitrogens with zero attached hydrogens (tertiary/aromatic N) is 1. The molecule has 1 unspecified atom stereocenters. The van der Waals surface area contributed by atoms with Crippen LogP contribution in [0.3, 0.4) is 0 Å². The van der Waals surface area contributed by atoms with Gasteiger partial charge in [-0.2, -0.15) is 13.2 Å². The molecule has 2 heterocycles. The van der Waals surface area contributed by atoms with Gasteiger partial charge in [-0.3, -0.25) is 9.69 Å². The van der Waals surface area contributed by atoms with Crippen molar-refractivity contribution in [2.75, 3.05) is 19.6 Å². The van der Waals surface area contributed by atoms with Gasteiger partial charge in [0.05, 0.1) is 17.9 Å². The molecule has 1 amide bonds. The van der Waals surface area contributed by atoms with Crippen LogP contribution in [0.15, 0.2) is 53.2 Å². The zero-order chi connectivity index (χ0) is 20.0. The Hall–Kier alpha value is -2.54. The molecule has 0 radical (unpaired) electrons. The molecule has 1 fully saturated rings. The molecule has 150 valence electrons. The van der Waals surface area contributed by atoms with E-state index in [1.54, 1.807) is 6.26 Å². The number of furan rings is 1. The average Bonchev–Trinajstić information content (AvgIpc) is 3.21. The van der Waals surface area contributed by atoms with Crippen LogP contribution < -0.4 is 5.32 Å². The van der Waals surface area contributed by atoms with Crippen molar-refractivity contribution in [2.45, 2.75) is 31.5 Å². The standard InChI is InChI=1S/C21H23F3N2O2/c22-21(23,24)17-7-4-6-16(14-17)9-10-20(27)25-15-18(19-8-5-13-28-19)26-11-2-1-3-12-26/h4-10,13-14,18H,1-3,11-12,15H2,(H,25,27). The third-order valence-electron chi connectivity index (χ3n) is 4.81. The Morgan fingerprint density at radius 2 is 1.96 bits per heavy atom. The highest BCUT2D eigenvalue weighted by molar-refractivity contribution is 5.91. The number of rotatable bonds is 6. The number of likely N-dealkylation sites (tertiary alicyclic amines) is 1. The monoisotopic (exact) mass is 392 g/mol. The van der Waals surface area contributed by atoms with Crippen LogP contribution >= 0.6 is 0 Å². The summed E-state index contributed by atoms with van der Waals surface area (Å²) in [6, 6.07) is 8.53. The third-order valence-corrected chi connectivity index (χ3v) is 4.81. The van der Waals surface area contributed by atoms with Gasteiger partial charge in [0.1, 0.15) is 5.76 Å². The van der Waals surface area contributed by atoms with Crippen molar-refractivity contribution >= 4 is 12.0 Å². The molecule has 1 aromatic carbocycles. The predicted octanol–water partition coefficient (Wildman–Crippen LogP) is 4.66. The van der Waals surface area contributed by atoms with E-state index in [1.807, 2.05) is 12.1 Å². The highest BCUT2D eigenvalue weighted by Gasteiger charge is 2.30. The van der Waals surface area contributed by atoms with Crippen molar-refractivity contribution < 1.29 is 22.4 Å². The summed E-state index contributed by atoms with van der Waals surface area (Å²) >= 11 is 0. The lowest BCUT2D eigenvalue weighted by Gasteiger charge is -2.33. The van der Waals surface area contributed by atoms with Gasteiger partial charge >= 0.3 is 6.18 Å². The first-order valence-electron chi connectivity index (χ1n) is 9.34. The van der Waals surface area contributed by atoms with Gasteiger partial charge in [0.25, 0.3) is 0 Å². The van der Waals surface area contributed by atoms with E-state index in [0.717, 1.165) is 43.8 Å². The fraction of sp³-hybridized carbons (Fsp3) is 0.381. The minimum atomic E-state index is -4.41. The highest BCUT2D eigenvalue weighted by atomic mass is 19.4. The number of nitrogens with one attached hydrogen (secondary N) is 1. The Balaban J connectivity index is 1.61. The summed E-state index contributed by atoms with van der Waals surface area (Å²) in [4.78, 5) is 14.5. The van der Waals surface area contributed by atoms with Crippen LogP contribution in [0.5, 0.6) is 0 Å². The van der Waals surface area contributed by atoms with Gasteiger partial charge in [-0.15, -0.1) is 0 Å². The molecule has 0 saturated carbocycles. The van der Waals surface area contributed by atoms with Crippen molar-refractivity contribution in [3.05, 3.63) is 65.6 Å². The van der Waals surface area contributed by atoms with Crippen LogP contribution in [0.4, 0.5) is 13.2 Å². The minimum absolute atomic E-state index is 0.0544. The first kappa shape index (κ1) is 20.2. The SMILES string of the molecule is O=C(C=Cc1cccc(C(F)(F)F)c1)NCC(c1ccco1)N1CCCCC1. The third kappa shape index (κ3) is 5.48. The zero-order valence-electron chi connectivity index (χ0n) is 15.4. The maximum atomic E-state index is 12.8. The van der Waals surface area contributed by atoms with E-state index in [-0.39, 0.29) is 11.9 Å². The number of halogens is 3. The van der Waals surface area contributed by atoms with E-state index < -0.39 is 11.7 Å². The molecule has 28 heavy (non-hydrogen) atoms. The first-order chi connectivity index (χ1) is 13.4. The molecule has 2 aromatic rings. The number of carbonyl (C=O) groups is 1. The summed E-state index contributed by atoms with van der Waals surface area (Å²) in [5, 5.41) is 2.83. The average molecular weight is 392 g/mol. The highest BCUT2D eigenvalue weighted by Crippen LogP contribution is 2.29. The van der Waals surface area contributed by atoms with E-state index in [4.69, 9.17) is 4.42 Å². The van der Waals surface area contributed by atoms with Gasteiger partial charge in [0.15, 0.2) is 0 Å². The van der Waals surface area contributed by atoms with Gasteiger partial charge in [-0.25, -0.2) is 0 Å². The van der Waals surface area contributed by atoms with Gasteiger partial charge in [-0.1, -0.05) is 18.6 Å². The second-order valence-corrected chi connectivity index (χ2v) is 6.83. The fourth-order valence-electron chi connectivity index (χ4n) is 3.37. The van der Waals surface area contributed by atoms with Crippen LogP contribution in [-0.4, -0.2) is 30.4 Å². The molecule has 4 nitrogen and oxygen atoms in total. The minimum Gasteiger partial charge on any atom is -0.468 e. The molecule has 0 bridgehead atoms. The number of piperidine rings is 1. The van der Waals surface area contributed by atoms with Crippen LogP contribution in [0.1, 0.15) is 42.2 Å². The van der Waals surface area contributed by atoms with Crippen LogP contribution in [0.2, 0.25) is 0 Å². The number of carbonyl (C=O) groups excluding carboxylic acids is 1. The fourth-order valence-corrected chi connectivity index (χ4v) is 3.37.